The van der Waals surface area contributed by atoms with Crippen molar-refractivity contribution in [3.05, 3.63) is 35.8 Å². The van der Waals surface area contributed by atoms with E-state index in [9.17, 15) is 23.4 Å². The summed E-state index contributed by atoms with van der Waals surface area (Å²) < 4.78 is 26.5. The number of aliphatic hydroxyl groups is 1. The number of aromatic hydroxyl groups is 1. The van der Waals surface area contributed by atoms with Crippen LogP contribution >= 0.6 is 0 Å². The predicted octanol–water partition coefficient (Wildman–Crippen LogP) is 2.23. The van der Waals surface area contributed by atoms with Crippen molar-refractivity contribution in [1.82, 2.24) is 4.72 Å². The summed E-state index contributed by atoms with van der Waals surface area (Å²) in [5.74, 6) is -1.59. The van der Waals surface area contributed by atoms with Crippen LogP contribution in [0.25, 0.3) is 0 Å². The van der Waals surface area contributed by atoms with Gasteiger partial charge in [0.1, 0.15) is 11.4 Å². The lowest BCUT2D eigenvalue weighted by atomic mass is 9.87. The van der Waals surface area contributed by atoms with Gasteiger partial charge in [-0.2, -0.15) is 8.42 Å². The van der Waals surface area contributed by atoms with Crippen LogP contribution in [0.3, 0.4) is 0 Å². The van der Waals surface area contributed by atoms with Gasteiger partial charge in [0.25, 0.3) is 0 Å². The molecule has 1 heterocycles. The minimum Gasteiger partial charge on any atom is -0.506 e. The second-order valence-corrected chi connectivity index (χ2v) is 8.18. The molecule has 0 atom stereocenters. The molecule has 0 unspecified atom stereocenters. The molecule has 0 saturated carbocycles. The van der Waals surface area contributed by atoms with Gasteiger partial charge in [-0.25, -0.2) is 9.03 Å². The first-order chi connectivity index (χ1) is 11.5. The summed E-state index contributed by atoms with van der Waals surface area (Å²) in [5.41, 5.74) is 0.0633. The number of nitrogens with zero attached hydrogens (tertiary/aromatic N) is 1. The number of hydrogen-bond donors (Lipinski definition) is 4. The van der Waals surface area contributed by atoms with Crippen LogP contribution < -0.4 is 9.03 Å². The number of aryl methyl sites for hydroxylation is 1. The van der Waals surface area contributed by atoms with E-state index in [4.69, 9.17) is 5.11 Å². The zero-order valence-electron chi connectivity index (χ0n) is 14.1. The van der Waals surface area contributed by atoms with Crippen molar-refractivity contribution in [3.63, 3.8) is 0 Å². The molecule has 0 aliphatic carbocycles. The Bertz CT molecular complexity index is 801. The predicted molar refractivity (Wildman–Crippen MR) is 92.3 cm³/mol. The van der Waals surface area contributed by atoms with Crippen molar-refractivity contribution in [3.8, 4) is 5.75 Å². The first kappa shape index (κ1) is 18.9. The first-order valence-corrected chi connectivity index (χ1v) is 9.25. The molecule has 1 aromatic carbocycles. The second kappa shape index (κ2) is 6.83. The maximum atomic E-state index is 11.9. The summed E-state index contributed by atoms with van der Waals surface area (Å²) in [6, 6.07) is 4.61. The number of phenolic OH excluding ortho intramolecular Hbond substituents is 1. The number of aliphatic hydroxyl groups excluding tert-OH is 1. The summed E-state index contributed by atoms with van der Waals surface area (Å²) in [5, 5.41) is 28.4. The molecule has 0 spiro atoms. The minimum absolute atomic E-state index is 0.0416. The zero-order valence-corrected chi connectivity index (χ0v) is 14.9. The van der Waals surface area contributed by atoms with Crippen LogP contribution in [0.5, 0.6) is 5.75 Å². The van der Waals surface area contributed by atoms with Crippen LogP contribution in [0.15, 0.2) is 30.3 Å². The van der Waals surface area contributed by atoms with Gasteiger partial charge in [-0.3, -0.25) is 4.79 Å². The van der Waals surface area contributed by atoms with Crippen LogP contribution in [0.1, 0.15) is 38.7 Å². The number of benzene rings is 1. The van der Waals surface area contributed by atoms with Gasteiger partial charge < -0.3 is 15.3 Å². The van der Waals surface area contributed by atoms with Crippen molar-refractivity contribution in [2.24, 2.45) is 5.41 Å². The highest BCUT2D eigenvalue weighted by atomic mass is 32.2. The molecule has 1 aliphatic rings. The SMILES string of the molecule is CC(C)(CCCCc1ccc(O)c(N2C=C(O)NS2(=O)=O)c1)C(=O)O. The normalized spacial score (nSPS) is 16.4. The average molecular weight is 370 g/mol. The molecule has 0 saturated heterocycles. The molecule has 8 nitrogen and oxygen atoms in total. The molecule has 9 heteroatoms. The number of carbonyl (C=O) groups is 1. The van der Waals surface area contributed by atoms with E-state index >= 15 is 0 Å². The van der Waals surface area contributed by atoms with Crippen molar-refractivity contribution in [1.29, 1.82) is 0 Å². The van der Waals surface area contributed by atoms with Crippen molar-refractivity contribution < 1.29 is 28.5 Å². The van der Waals surface area contributed by atoms with Gasteiger partial charge in [0.15, 0.2) is 0 Å². The van der Waals surface area contributed by atoms with Crippen LogP contribution in [0.2, 0.25) is 0 Å². The number of hydrogen-bond acceptors (Lipinski definition) is 5. The fourth-order valence-corrected chi connectivity index (χ4v) is 3.55. The van der Waals surface area contributed by atoms with Gasteiger partial charge in [-0.15, -0.1) is 0 Å². The lowest BCUT2D eigenvalue weighted by molar-refractivity contribution is -0.147. The molecular formula is C16H22N2O6S. The van der Waals surface area contributed by atoms with Crippen molar-refractivity contribution in [2.75, 3.05) is 4.31 Å². The maximum absolute atomic E-state index is 11.9. The lowest BCUT2D eigenvalue weighted by Crippen LogP contribution is -2.29. The molecular weight excluding hydrogens is 348 g/mol. The fraction of sp³-hybridized carbons (Fsp3) is 0.438. The van der Waals surface area contributed by atoms with Gasteiger partial charge in [0, 0.05) is 0 Å². The molecule has 0 fully saturated rings. The highest BCUT2D eigenvalue weighted by molar-refractivity contribution is 7.91. The molecule has 0 aromatic heterocycles. The summed E-state index contributed by atoms with van der Waals surface area (Å²) in [7, 11) is -3.97. The first-order valence-electron chi connectivity index (χ1n) is 7.81. The number of carboxylic acids is 1. The number of carboxylic acid groups (broad SMARTS) is 1. The topological polar surface area (TPSA) is 127 Å². The Morgan fingerprint density at radius 2 is 1.92 bits per heavy atom. The molecule has 1 aromatic rings. The van der Waals surface area contributed by atoms with Crippen LogP contribution in [0.4, 0.5) is 5.69 Å². The Hall–Kier alpha value is -2.42. The van der Waals surface area contributed by atoms with E-state index in [-0.39, 0.29) is 11.4 Å². The molecule has 1 aliphatic heterocycles. The minimum atomic E-state index is -3.97. The molecule has 0 amide bonds. The Balaban J connectivity index is 2.06. The molecule has 138 valence electrons. The number of nitrogens with one attached hydrogen (secondary N) is 1. The quantitative estimate of drug-likeness (QED) is 0.545. The Morgan fingerprint density at radius 1 is 1.24 bits per heavy atom. The van der Waals surface area contributed by atoms with E-state index in [1.54, 1.807) is 19.9 Å². The van der Waals surface area contributed by atoms with Gasteiger partial charge in [-0.1, -0.05) is 12.5 Å². The lowest BCUT2D eigenvalue weighted by Gasteiger charge is -2.19. The van der Waals surface area contributed by atoms with Crippen molar-refractivity contribution in [2.45, 2.75) is 39.5 Å². The summed E-state index contributed by atoms with van der Waals surface area (Å²) in [6.07, 6.45) is 3.56. The van der Waals surface area contributed by atoms with Crippen LogP contribution in [0, 0.1) is 5.41 Å². The highest BCUT2D eigenvalue weighted by Crippen LogP contribution is 2.33. The van der Waals surface area contributed by atoms with Crippen molar-refractivity contribution >= 4 is 21.9 Å². The van der Waals surface area contributed by atoms with E-state index in [1.807, 2.05) is 4.72 Å². The smallest absolute Gasteiger partial charge is 0.330 e. The summed E-state index contributed by atoms with van der Waals surface area (Å²) in [4.78, 5) is 11.1. The largest absolute Gasteiger partial charge is 0.506 e. The molecule has 0 bridgehead atoms. The van der Waals surface area contributed by atoms with E-state index in [2.05, 4.69) is 0 Å². The van der Waals surface area contributed by atoms with Gasteiger partial charge in [-0.05, 0) is 50.8 Å². The fourth-order valence-electron chi connectivity index (χ4n) is 2.49. The molecule has 0 radical (unpaired) electrons. The van der Waals surface area contributed by atoms with Crippen LogP contribution in [-0.4, -0.2) is 29.7 Å². The highest BCUT2D eigenvalue weighted by Gasteiger charge is 2.30. The number of unbranched alkanes of at least 4 members (excludes halogenated alkanes) is 1. The van der Waals surface area contributed by atoms with Gasteiger partial charge in [0.05, 0.1) is 11.6 Å². The maximum Gasteiger partial charge on any atom is 0.330 e. The summed E-state index contributed by atoms with van der Waals surface area (Å²) in [6.45, 7) is 3.36. The zero-order chi connectivity index (χ0) is 18.8. The molecule has 2 rings (SSSR count). The number of anilines is 1. The third kappa shape index (κ3) is 4.36. The number of rotatable bonds is 7. The van der Waals surface area contributed by atoms with E-state index in [0.29, 0.717) is 19.3 Å². The van der Waals surface area contributed by atoms with Gasteiger partial charge >= 0.3 is 16.2 Å². The Kier molecular flexibility index (Phi) is 5.17. The van der Waals surface area contributed by atoms with E-state index in [1.165, 1.54) is 12.1 Å². The molecule has 25 heavy (non-hydrogen) atoms. The summed E-state index contributed by atoms with van der Waals surface area (Å²) >= 11 is 0. The second-order valence-electron chi connectivity index (χ2n) is 6.64. The standard InChI is InChI=1S/C16H22N2O6S/c1-16(2,15(21)22)8-4-3-5-11-6-7-13(19)12(9-11)18-10-14(20)17-25(18,23)24/h6-7,9-10,17,19-20H,3-5,8H2,1-2H3,(H,21,22). The third-order valence-corrected chi connectivity index (χ3v) is 5.39. The number of aliphatic carboxylic acids is 1. The average Bonchev–Trinajstić information content (AvgIpc) is 2.77. The Morgan fingerprint density at radius 3 is 2.48 bits per heavy atom. The Labute approximate surface area is 146 Å². The van der Waals surface area contributed by atoms with E-state index in [0.717, 1.165) is 22.5 Å². The van der Waals surface area contributed by atoms with Crippen LogP contribution in [-0.2, 0) is 21.4 Å². The van der Waals surface area contributed by atoms with Gasteiger partial charge in [0.2, 0.25) is 5.88 Å². The number of phenols is 1. The third-order valence-electron chi connectivity index (χ3n) is 4.11. The van der Waals surface area contributed by atoms with E-state index < -0.39 is 27.5 Å². The molecule has 4 N–H and O–H groups in total. The monoisotopic (exact) mass is 370 g/mol.